The molecule has 3 aromatic rings. The SMILES string of the molecule is Cc1ccc(Cl)cc1C(O)Cc1nc2ccccc2n1C. The highest BCUT2D eigenvalue weighted by atomic mass is 35.5. The van der Waals surface area contributed by atoms with E-state index in [1.165, 1.54) is 0 Å². The standard InChI is InChI=1S/C17H17ClN2O/c1-11-7-8-12(18)9-13(11)16(21)10-17-19-14-5-3-4-6-15(14)20(17)2/h3-9,16,21H,10H2,1-2H3. The van der Waals surface area contributed by atoms with Gasteiger partial charge in [0.1, 0.15) is 5.82 Å². The smallest absolute Gasteiger partial charge is 0.112 e. The lowest BCUT2D eigenvalue weighted by Crippen LogP contribution is -2.08. The molecule has 4 heteroatoms. The summed E-state index contributed by atoms with van der Waals surface area (Å²) in [5.41, 5.74) is 3.91. The third kappa shape index (κ3) is 2.67. The van der Waals surface area contributed by atoms with E-state index in [0.717, 1.165) is 28.0 Å². The molecule has 1 N–H and O–H groups in total. The van der Waals surface area contributed by atoms with Crippen LogP contribution < -0.4 is 0 Å². The predicted octanol–water partition coefficient (Wildman–Crippen LogP) is 3.81. The number of aromatic nitrogens is 2. The number of para-hydroxylation sites is 2. The summed E-state index contributed by atoms with van der Waals surface area (Å²) in [6.45, 7) is 1.98. The van der Waals surface area contributed by atoms with Gasteiger partial charge in [-0.05, 0) is 42.3 Å². The Morgan fingerprint density at radius 2 is 2.00 bits per heavy atom. The molecule has 1 heterocycles. The van der Waals surface area contributed by atoms with Crippen molar-refractivity contribution in [2.45, 2.75) is 19.4 Å². The summed E-state index contributed by atoms with van der Waals surface area (Å²) < 4.78 is 2.03. The van der Waals surface area contributed by atoms with E-state index in [1.54, 1.807) is 0 Å². The number of benzene rings is 2. The van der Waals surface area contributed by atoms with Crippen molar-refractivity contribution in [1.82, 2.24) is 9.55 Å². The zero-order valence-corrected chi connectivity index (χ0v) is 12.8. The molecule has 0 amide bonds. The fourth-order valence-corrected chi connectivity index (χ4v) is 2.81. The van der Waals surface area contributed by atoms with Gasteiger partial charge >= 0.3 is 0 Å². The number of fused-ring (bicyclic) bond motifs is 1. The van der Waals surface area contributed by atoms with Crippen LogP contribution in [-0.2, 0) is 13.5 Å². The predicted molar refractivity (Wildman–Crippen MR) is 85.6 cm³/mol. The Balaban J connectivity index is 1.94. The molecule has 108 valence electrons. The van der Waals surface area contributed by atoms with E-state index in [-0.39, 0.29) is 0 Å². The van der Waals surface area contributed by atoms with Crippen LogP contribution in [0.15, 0.2) is 42.5 Å². The zero-order valence-electron chi connectivity index (χ0n) is 12.0. The van der Waals surface area contributed by atoms with Crippen molar-refractivity contribution in [3.8, 4) is 0 Å². The second-order valence-corrected chi connectivity index (χ2v) is 5.73. The number of aryl methyl sites for hydroxylation is 2. The molecule has 1 aromatic heterocycles. The molecule has 0 fully saturated rings. The third-order valence-electron chi connectivity index (χ3n) is 3.86. The zero-order chi connectivity index (χ0) is 15.0. The lowest BCUT2D eigenvalue weighted by atomic mass is 10.0. The summed E-state index contributed by atoms with van der Waals surface area (Å²) in [6, 6.07) is 13.6. The highest BCUT2D eigenvalue weighted by Crippen LogP contribution is 2.25. The molecule has 0 aliphatic carbocycles. The first-order valence-electron chi connectivity index (χ1n) is 6.90. The monoisotopic (exact) mass is 300 g/mol. The maximum atomic E-state index is 10.5. The molecule has 0 radical (unpaired) electrons. The Bertz CT molecular complexity index is 795. The maximum absolute atomic E-state index is 10.5. The van der Waals surface area contributed by atoms with Crippen LogP contribution in [0, 0.1) is 6.92 Å². The number of hydrogen-bond donors (Lipinski definition) is 1. The van der Waals surface area contributed by atoms with Gasteiger partial charge in [0.2, 0.25) is 0 Å². The summed E-state index contributed by atoms with van der Waals surface area (Å²) >= 11 is 6.03. The van der Waals surface area contributed by atoms with Gasteiger partial charge in [-0.25, -0.2) is 4.98 Å². The van der Waals surface area contributed by atoms with Crippen molar-refractivity contribution in [3.63, 3.8) is 0 Å². The second kappa shape index (κ2) is 5.51. The highest BCUT2D eigenvalue weighted by Gasteiger charge is 2.16. The molecule has 3 rings (SSSR count). The van der Waals surface area contributed by atoms with E-state index in [0.29, 0.717) is 11.4 Å². The van der Waals surface area contributed by atoms with E-state index >= 15 is 0 Å². The normalized spacial score (nSPS) is 12.8. The Morgan fingerprint density at radius 3 is 2.76 bits per heavy atom. The summed E-state index contributed by atoms with van der Waals surface area (Å²) in [5.74, 6) is 0.864. The minimum Gasteiger partial charge on any atom is -0.388 e. The number of aliphatic hydroxyl groups is 1. The first-order valence-corrected chi connectivity index (χ1v) is 7.28. The fraction of sp³-hybridized carbons (Fsp3) is 0.235. The molecule has 1 atom stereocenters. The average Bonchev–Trinajstić information content (AvgIpc) is 2.78. The van der Waals surface area contributed by atoms with Gasteiger partial charge in [-0.1, -0.05) is 29.8 Å². The molecule has 3 nitrogen and oxygen atoms in total. The van der Waals surface area contributed by atoms with Crippen molar-refractivity contribution in [1.29, 1.82) is 0 Å². The number of hydrogen-bond acceptors (Lipinski definition) is 2. The molecule has 0 aliphatic rings. The van der Waals surface area contributed by atoms with Crippen LogP contribution in [0.5, 0.6) is 0 Å². The van der Waals surface area contributed by atoms with Crippen LogP contribution in [0.2, 0.25) is 5.02 Å². The molecule has 0 saturated heterocycles. The second-order valence-electron chi connectivity index (χ2n) is 5.30. The van der Waals surface area contributed by atoms with Crippen molar-refractivity contribution in [2.24, 2.45) is 7.05 Å². The van der Waals surface area contributed by atoms with Crippen molar-refractivity contribution < 1.29 is 5.11 Å². The van der Waals surface area contributed by atoms with Crippen LogP contribution in [0.1, 0.15) is 23.1 Å². The number of nitrogens with zero attached hydrogens (tertiary/aromatic N) is 2. The molecule has 1 unspecified atom stereocenters. The van der Waals surface area contributed by atoms with E-state index in [2.05, 4.69) is 4.98 Å². The molecule has 21 heavy (non-hydrogen) atoms. The summed E-state index contributed by atoms with van der Waals surface area (Å²) in [7, 11) is 1.97. The van der Waals surface area contributed by atoms with Crippen LogP contribution in [0.4, 0.5) is 0 Å². The quantitative estimate of drug-likeness (QED) is 0.798. The molecule has 2 aromatic carbocycles. The van der Waals surface area contributed by atoms with Gasteiger partial charge in [0.25, 0.3) is 0 Å². The van der Waals surface area contributed by atoms with E-state index in [9.17, 15) is 5.11 Å². The van der Waals surface area contributed by atoms with Crippen LogP contribution in [0.3, 0.4) is 0 Å². The number of rotatable bonds is 3. The topological polar surface area (TPSA) is 38.1 Å². The lowest BCUT2D eigenvalue weighted by molar-refractivity contribution is 0.174. The van der Waals surface area contributed by atoms with Crippen LogP contribution >= 0.6 is 11.6 Å². The van der Waals surface area contributed by atoms with E-state index in [1.807, 2.05) is 61.0 Å². The molecule has 0 bridgehead atoms. The van der Waals surface area contributed by atoms with E-state index < -0.39 is 6.10 Å². The maximum Gasteiger partial charge on any atom is 0.112 e. The Hall–Kier alpha value is -1.84. The fourth-order valence-electron chi connectivity index (χ4n) is 2.63. The minimum absolute atomic E-state index is 0.465. The summed E-state index contributed by atoms with van der Waals surface area (Å²) in [5, 5.41) is 11.2. The van der Waals surface area contributed by atoms with Gasteiger partial charge in [-0.3, -0.25) is 0 Å². The van der Waals surface area contributed by atoms with Gasteiger partial charge in [0.05, 0.1) is 17.1 Å². The van der Waals surface area contributed by atoms with Gasteiger partial charge in [-0.15, -0.1) is 0 Å². The molecular weight excluding hydrogens is 284 g/mol. The van der Waals surface area contributed by atoms with Crippen molar-refractivity contribution in [2.75, 3.05) is 0 Å². The first kappa shape index (κ1) is 14.1. The van der Waals surface area contributed by atoms with Gasteiger partial charge < -0.3 is 9.67 Å². The molecule has 0 aliphatic heterocycles. The Labute approximate surface area is 128 Å². The Morgan fingerprint density at radius 1 is 1.24 bits per heavy atom. The van der Waals surface area contributed by atoms with E-state index in [4.69, 9.17) is 11.6 Å². The van der Waals surface area contributed by atoms with Crippen molar-refractivity contribution >= 4 is 22.6 Å². The average molecular weight is 301 g/mol. The molecule has 0 spiro atoms. The van der Waals surface area contributed by atoms with Crippen molar-refractivity contribution in [3.05, 3.63) is 64.4 Å². The number of aliphatic hydroxyl groups excluding tert-OH is 1. The largest absolute Gasteiger partial charge is 0.388 e. The molecule has 0 saturated carbocycles. The Kier molecular flexibility index (Phi) is 3.70. The number of imidazole rings is 1. The lowest BCUT2D eigenvalue weighted by Gasteiger charge is -2.14. The van der Waals surface area contributed by atoms with Gasteiger partial charge in [-0.2, -0.15) is 0 Å². The summed E-state index contributed by atoms with van der Waals surface area (Å²) in [4.78, 5) is 4.60. The third-order valence-corrected chi connectivity index (χ3v) is 4.09. The van der Waals surface area contributed by atoms with Gasteiger partial charge in [0, 0.05) is 18.5 Å². The first-order chi connectivity index (χ1) is 10.1. The van der Waals surface area contributed by atoms with Gasteiger partial charge in [0.15, 0.2) is 0 Å². The highest BCUT2D eigenvalue weighted by molar-refractivity contribution is 6.30. The molecular formula is C17H17ClN2O. The number of halogens is 1. The summed E-state index contributed by atoms with van der Waals surface area (Å²) in [6.07, 6.45) is -0.147. The minimum atomic E-state index is -0.612. The van der Waals surface area contributed by atoms with Crippen LogP contribution in [-0.4, -0.2) is 14.7 Å². The van der Waals surface area contributed by atoms with Crippen LogP contribution in [0.25, 0.3) is 11.0 Å².